The van der Waals surface area contributed by atoms with Crippen LogP contribution in [0.15, 0.2) is 30.3 Å². The highest BCUT2D eigenvalue weighted by Gasteiger charge is 2.40. The lowest BCUT2D eigenvalue weighted by Crippen LogP contribution is -2.47. The number of rotatable bonds is 11. The van der Waals surface area contributed by atoms with Crippen LogP contribution in [0.1, 0.15) is 99.8 Å². The Labute approximate surface area is 192 Å². The minimum atomic E-state index is -0.871. The van der Waals surface area contributed by atoms with Crippen LogP contribution in [-0.2, 0) is 11.8 Å². The highest BCUT2D eigenvalue weighted by molar-refractivity contribution is 7.13. The molecule has 1 unspecified atom stereocenters. The second kappa shape index (κ2) is 10.3. The van der Waals surface area contributed by atoms with Gasteiger partial charge in [0, 0.05) is 10.3 Å². The molecule has 4 heteroatoms. The van der Waals surface area contributed by atoms with Gasteiger partial charge in [0.05, 0.1) is 4.88 Å². The van der Waals surface area contributed by atoms with Crippen LogP contribution in [0, 0.1) is 5.41 Å². The van der Waals surface area contributed by atoms with Gasteiger partial charge in [-0.05, 0) is 60.4 Å². The fourth-order valence-electron chi connectivity index (χ4n) is 4.39. The van der Waals surface area contributed by atoms with Crippen molar-refractivity contribution in [1.29, 1.82) is 0 Å². The van der Waals surface area contributed by atoms with E-state index in [0.29, 0.717) is 6.42 Å². The minimum Gasteiger partial charge on any atom is -0.490 e. The highest BCUT2D eigenvalue weighted by atomic mass is 32.1. The molecule has 3 nitrogen and oxygen atoms in total. The maximum Gasteiger partial charge on any atom is 0.160 e. The van der Waals surface area contributed by atoms with Gasteiger partial charge in [-0.2, -0.15) is 0 Å². The molecule has 31 heavy (non-hydrogen) atoms. The van der Waals surface area contributed by atoms with E-state index in [2.05, 4.69) is 72.7 Å². The lowest BCUT2D eigenvalue weighted by Gasteiger charge is -2.40. The first-order valence-electron chi connectivity index (χ1n) is 11.6. The molecule has 0 aliphatic carbocycles. The third kappa shape index (κ3) is 5.23. The fraction of sp³-hybridized carbons (Fsp3) is 0.593. The number of ether oxygens (including phenoxy) is 1. The van der Waals surface area contributed by atoms with Crippen LogP contribution in [0.25, 0.3) is 0 Å². The van der Waals surface area contributed by atoms with E-state index in [-0.39, 0.29) is 17.4 Å². The van der Waals surface area contributed by atoms with E-state index in [4.69, 9.17) is 4.74 Å². The Balaban J connectivity index is 2.40. The summed E-state index contributed by atoms with van der Waals surface area (Å²) in [6, 6.07) is 10.5. The molecule has 0 aliphatic rings. The zero-order chi connectivity index (χ0) is 23.3. The average molecular weight is 445 g/mol. The van der Waals surface area contributed by atoms with Crippen molar-refractivity contribution in [3.63, 3.8) is 0 Å². The van der Waals surface area contributed by atoms with Crippen molar-refractivity contribution in [1.82, 2.24) is 0 Å². The monoisotopic (exact) mass is 444 g/mol. The molecule has 0 spiro atoms. The van der Waals surface area contributed by atoms with Gasteiger partial charge in [0.1, 0.15) is 18.0 Å². The molecule has 0 aliphatic heterocycles. The molecule has 2 rings (SSSR count). The predicted molar refractivity (Wildman–Crippen MR) is 132 cm³/mol. The van der Waals surface area contributed by atoms with Crippen LogP contribution in [-0.4, -0.2) is 23.6 Å². The molecule has 172 valence electrons. The molecule has 1 atom stereocenters. The predicted octanol–water partition coefficient (Wildman–Crippen LogP) is 7.19. The van der Waals surface area contributed by atoms with Gasteiger partial charge in [-0.3, -0.25) is 4.79 Å². The Hall–Kier alpha value is -1.65. The quantitative estimate of drug-likeness (QED) is 0.373. The van der Waals surface area contributed by atoms with Crippen LogP contribution in [0.5, 0.6) is 5.75 Å². The fourth-order valence-corrected chi connectivity index (χ4v) is 5.57. The van der Waals surface area contributed by atoms with E-state index in [1.807, 2.05) is 6.07 Å². The zero-order valence-electron chi connectivity index (χ0n) is 20.4. The molecule has 0 fully saturated rings. The largest absolute Gasteiger partial charge is 0.490 e. The summed E-state index contributed by atoms with van der Waals surface area (Å²) >= 11 is 1.59. The Morgan fingerprint density at radius 2 is 1.71 bits per heavy atom. The molecular formula is C27H40O3S. The molecule has 1 aromatic heterocycles. The van der Waals surface area contributed by atoms with Crippen molar-refractivity contribution < 1.29 is 14.6 Å². The number of aryl methyl sites for hydroxylation is 1. The first-order valence-corrected chi connectivity index (χ1v) is 12.5. The van der Waals surface area contributed by atoms with Crippen molar-refractivity contribution in [2.45, 2.75) is 91.6 Å². The van der Waals surface area contributed by atoms with Crippen molar-refractivity contribution in [2.75, 3.05) is 6.61 Å². The van der Waals surface area contributed by atoms with Gasteiger partial charge < -0.3 is 9.84 Å². The van der Waals surface area contributed by atoms with Gasteiger partial charge in [-0.25, -0.2) is 0 Å². The summed E-state index contributed by atoms with van der Waals surface area (Å²) < 4.78 is 6.24. The molecule has 1 heterocycles. The third-order valence-corrected chi connectivity index (χ3v) is 8.16. The summed E-state index contributed by atoms with van der Waals surface area (Å²) in [4.78, 5) is 13.3. The van der Waals surface area contributed by atoms with Crippen LogP contribution in [0.2, 0.25) is 0 Å². The molecule has 1 N–H and O–H groups in total. The Bertz CT molecular complexity index is 858. The van der Waals surface area contributed by atoms with Crippen molar-refractivity contribution in [2.24, 2.45) is 5.41 Å². The van der Waals surface area contributed by atoms with Crippen molar-refractivity contribution in [3.8, 4) is 5.75 Å². The zero-order valence-corrected chi connectivity index (χ0v) is 21.2. The number of hydrogen-bond acceptors (Lipinski definition) is 4. The number of thiophene rings is 1. The van der Waals surface area contributed by atoms with E-state index in [1.54, 1.807) is 11.3 Å². The second-order valence-electron chi connectivity index (χ2n) is 9.61. The van der Waals surface area contributed by atoms with E-state index >= 15 is 0 Å². The van der Waals surface area contributed by atoms with Gasteiger partial charge >= 0.3 is 0 Å². The maximum atomic E-state index is 11.3. The SMILES string of the molecule is CCCC(O)(COc1ccc(C(CC)(CC)c2ccc(C=O)s2)cc1CC)C(C)(C)C. The lowest BCUT2D eigenvalue weighted by atomic mass is 9.74. The number of aldehydes is 1. The maximum absolute atomic E-state index is 11.3. The normalized spacial score (nSPS) is 14.3. The van der Waals surface area contributed by atoms with Crippen molar-refractivity contribution >= 4 is 17.6 Å². The van der Waals surface area contributed by atoms with Crippen LogP contribution >= 0.6 is 11.3 Å². The summed E-state index contributed by atoms with van der Waals surface area (Å²) in [7, 11) is 0. The summed E-state index contributed by atoms with van der Waals surface area (Å²) in [5.74, 6) is 0.853. The van der Waals surface area contributed by atoms with Gasteiger partial charge in [0.15, 0.2) is 6.29 Å². The molecule has 0 amide bonds. The standard InChI is InChI=1S/C27H40O3S/c1-8-16-27(29,25(5,6)7)19-30-23-14-12-21(17-20(23)9-2)26(10-3,11-4)24-15-13-22(18-28)31-24/h12-15,17-18,29H,8-11,16,19H2,1-7H3. The first kappa shape index (κ1) is 25.6. The van der Waals surface area contributed by atoms with E-state index in [9.17, 15) is 9.90 Å². The Morgan fingerprint density at radius 1 is 1.03 bits per heavy atom. The number of benzene rings is 1. The van der Waals surface area contributed by atoms with Crippen LogP contribution in [0.4, 0.5) is 0 Å². The average Bonchev–Trinajstić information content (AvgIpc) is 3.23. The van der Waals surface area contributed by atoms with Gasteiger partial charge in [0.2, 0.25) is 0 Å². The lowest BCUT2D eigenvalue weighted by molar-refractivity contribution is -0.0939. The molecule has 0 bridgehead atoms. The molecular weight excluding hydrogens is 404 g/mol. The smallest absolute Gasteiger partial charge is 0.160 e. The van der Waals surface area contributed by atoms with E-state index in [0.717, 1.165) is 48.2 Å². The summed E-state index contributed by atoms with van der Waals surface area (Å²) in [6.07, 6.45) is 5.35. The Kier molecular flexibility index (Phi) is 8.52. The summed E-state index contributed by atoms with van der Waals surface area (Å²) in [6.45, 7) is 15.2. The summed E-state index contributed by atoms with van der Waals surface area (Å²) in [5.41, 5.74) is 1.18. The molecule has 0 saturated carbocycles. The number of carbonyl (C=O) groups excluding carboxylic acids is 1. The number of carbonyl (C=O) groups is 1. The van der Waals surface area contributed by atoms with E-state index in [1.165, 1.54) is 10.4 Å². The first-order chi connectivity index (χ1) is 14.6. The van der Waals surface area contributed by atoms with Crippen LogP contribution in [0.3, 0.4) is 0 Å². The van der Waals surface area contributed by atoms with Gasteiger partial charge in [-0.1, -0.05) is 67.0 Å². The second-order valence-corrected chi connectivity index (χ2v) is 10.7. The third-order valence-electron chi connectivity index (χ3n) is 6.94. The van der Waals surface area contributed by atoms with Gasteiger partial charge in [0.25, 0.3) is 0 Å². The van der Waals surface area contributed by atoms with Gasteiger partial charge in [-0.15, -0.1) is 11.3 Å². The highest BCUT2D eigenvalue weighted by Crippen LogP contribution is 2.43. The van der Waals surface area contributed by atoms with Crippen LogP contribution < -0.4 is 4.74 Å². The minimum absolute atomic E-state index is 0.108. The molecule has 2 aromatic rings. The number of hydrogen-bond donors (Lipinski definition) is 1. The van der Waals surface area contributed by atoms with E-state index < -0.39 is 5.60 Å². The molecule has 1 aromatic carbocycles. The Morgan fingerprint density at radius 3 is 2.19 bits per heavy atom. The van der Waals surface area contributed by atoms with Crippen molar-refractivity contribution in [3.05, 3.63) is 51.2 Å². The molecule has 0 radical (unpaired) electrons. The summed E-state index contributed by atoms with van der Waals surface area (Å²) in [5, 5.41) is 11.3. The molecule has 0 saturated heterocycles. The number of aliphatic hydroxyl groups is 1. The topological polar surface area (TPSA) is 46.5 Å².